The Balaban J connectivity index is 2.62. The van der Waals surface area contributed by atoms with Crippen LogP contribution in [0.2, 0.25) is 0 Å². The van der Waals surface area contributed by atoms with Gasteiger partial charge in [-0.05, 0) is 37.5 Å². The Hall–Kier alpha value is -1.02. The van der Waals surface area contributed by atoms with Crippen LogP contribution in [-0.2, 0) is 0 Å². The maximum absolute atomic E-state index is 5.15. The van der Waals surface area contributed by atoms with Crippen molar-refractivity contribution in [2.45, 2.75) is 39.8 Å². The Bertz CT molecular complexity index is 305. The molecule has 2 atom stereocenters. The first-order chi connectivity index (χ1) is 7.54. The van der Waals surface area contributed by atoms with Crippen LogP contribution < -0.4 is 10.1 Å². The van der Waals surface area contributed by atoms with E-state index in [9.17, 15) is 0 Å². The molecule has 0 saturated carbocycles. The summed E-state index contributed by atoms with van der Waals surface area (Å²) in [6, 6.07) is 9.15. The molecule has 1 rings (SSSR count). The first kappa shape index (κ1) is 13.0. The predicted molar refractivity (Wildman–Crippen MR) is 68.8 cm³/mol. The van der Waals surface area contributed by atoms with E-state index in [1.165, 1.54) is 5.56 Å². The fourth-order valence-electron chi connectivity index (χ4n) is 1.58. The van der Waals surface area contributed by atoms with E-state index >= 15 is 0 Å². The monoisotopic (exact) mass is 221 g/mol. The zero-order chi connectivity index (χ0) is 12.1. The molecule has 16 heavy (non-hydrogen) atoms. The second-order valence-corrected chi connectivity index (χ2v) is 4.69. The van der Waals surface area contributed by atoms with Gasteiger partial charge in [-0.1, -0.05) is 26.0 Å². The van der Waals surface area contributed by atoms with Crippen LogP contribution in [0.25, 0.3) is 0 Å². The summed E-state index contributed by atoms with van der Waals surface area (Å²) in [7, 11) is 1.69. The third-order valence-corrected chi connectivity index (χ3v) is 3.13. The smallest absolute Gasteiger partial charge is 0.118 e. The van der Waals surface area contributed by atoms with Gasteiger partial charge >= 0.3 is 0 Å². The molecule has 0 aliphatic rings. The van der Waals surface area contributed by atoms with Gasteiger partial charge in [0.05, 0.1) is 7.11 Å². The molecule has 1 N–H and O–H groups in total. The van der Waals surface area contributed by atoms with E-state index in [2.05, 4.69) is 45.1 Å². The summed E-state index contributed by atoms with van der Waals surface area (Å²) in [6.45, 7) is 8.89. The second-order valence-electron chi connectivity index (χ2n) is 4.69. The Morgan fingerprint density at radius 1 is 1.00 bits per heavy atom. The van der Waals surface area contributed by atoms with Gasteiger partial charge in [-0.2, -0.15) is 0 Å². The van der Waals surface area contributed by atoms with Gasteiger partial charge in [0.1, 0.15) is 5.75 Å². The standard InChI is InChI=1S/C14H23NO/c1-10(2)11(3)15-12(4)13-6-8-14(16-5)9-7-13/h6-12,15H,1-5H3/t11?,12-/m1/s1. The number of hydrogen-bond donors (Lipinski definition) is 1. The summed E-state index contributed by atoms with van der Waals surface area (Å²) in [4.78, 5) is 0. The molecule has 0 amide bonds. The predicted octanol–water partition coefficient (Wildman–Crippen LogP) is 3.39. The van der Waals surface area contributed by atoms with Crippen LogP contribution in [0.4, 0.5) is 0 Å². The first-order valence-corrected chi connectivity index (χ1v) is 5.94. The van der Waals surface area contributed by atoms with Gasteiger partial charge in [-0.15, -0.1) is 0 Å². The van der Waals surface area contributed by atoms with Crippen LogP contribution in [0.5, 0.6) is 5.75 Å². The van der Waals surface area contributed by atoms with Crippen molar-refractivity contribution in [2.75, 3.05) is 7.11 Å². The molecule has 0 fully saturated rings. The van der Waals surface area contributed by atoms with Gasteiger partial charge in [-0.25, -0.2) is 0 Å². The van der Waals surface area contributed by atoms with Crippen molar-refractivity contribution in [1.82, 2.24) is 5.32 Å². The molecule has 1 aromatic rings. The van der Waals surface area contributed by atoms with E-state index < -0.39 is 0 Å². The number of rotatable bonds is 5. The first-order valence-electron chi connectivity index (χ1n) is 5.94. The minimum Gasteiger partial charge on any atom is -0.497 e. The topological polar surface area (TPSA) is 21.3 Å². The van der Waals surface area contributed by atoms with E-state index in [1.807, 2.05) is 12.1 Å². The molecule has 0 radical (unpaired) electrons. The van der Waals surface area contributed by atoms with Crippen molar-refractivity contribution >= 4 is 0 Å². The number of ether oxygens (including phenoxy) is 1. The highest BCUT2D eigenvalue weighted by atomic mass is 16.5. The third kappa shape index (κ3) is 3.53. The fraction of sp³-hybridized carbons (Fsp3) is 0.571. The molecule has 0 heterocycles. The second kappa shape index (κ2) is 5.90. The van der Waals surface area contributed by atoms with Crippen molar-refractivity contribution in [2.24, 2.45) is 5.92 Å². The zero-order valence-electron chi connectivity index (χ0n) is 10.9. The Labute approximate surface area is 99.0 Å². The van der Waals surface area contributed by atoms with Crippen molar-refractivity contribution in [3.05, 3.63) is 29.8 Å². The summed E-state index contributed by atoms with van der Waals surface area (Å²) < 4.78 is 5.15. The molecule has 2 heteroatoms. The molecular weight excluding hydrogens is 198 g/mol. The normalized spacial score (nSPS) is 14.9. The molecule has 0 spiro atoms. The van der Waals surface area contributed by atoms with Gasteiger partial charge in [0.25, 0.3) is 0 Å². The highest BCUT2D eigenvalue weighted by Gasteiger charge is 2.11. The molecule has 1 unspecified atom stereocenters. The number of nitrogens with one attached hydrogen (secondary N) is 1. The van der Waals surface area contributed by atoms with Gasteiger partial charge in [0, 0.05) is 12.1 Å². The maximum Gasteiger partial charge on any atom is 0.118 e. The highest BCUT2D eigenvalue weighted by Crippen LogP contribution is 2.18. The minimum absolute atomic E-state index is 0.378. The summed E-state index contributed by atoms with van der Waals surface area (Å²) in [5, 5.41) is 3.59. The summed E-state index contributed by atoms with van der Waals surface area (Å²) in [5.41, 5.74) is 1.30. The lowest BCUT2D eigenvalue weighted by atomic mass is 10.0. The van der Waals surface area contributed by atoms with Gasteiger partial charge < -0.3 is 10.1 Å². The molecular formula is C14H23NO. The fourth-order valence-corrected chi connectivity index (χ4v) is 1.58. The summed E-state index contributed by atoms with van der Waals surface area (Å²) >= 11 is 0. The molecule has 0 aliphatic heterocycles. The average Bonchev–Trinajstić information content (AvgIpc) is 2.28. The van der Waals surface area contributed by atoms with Crippen molar-refractivity contribution in [3.8, 4) is 5.75 Å². The molecule has 0 aromatic heterocycles. The zero-order valence-corrected chi connectivity index (χ0v) is 10.9. The Kier molecular flexibility index (Phi) is 4.81. The molecule has 1 aromatic carbocycles. The van der Waals surface area contributed by atoms with E-state index in [1.54, 1.807) is 7.11 Å². The van der Waals surface area contributed by atoms with Crippen molar-refractivity contribution < 1.29 is 4.74 Å². The largest absolute Gasteiger partial charge is 0.497 e. The highest BCUT2D eigenvalue weighted by molar-refractivity contribution is 5.28. The minimum atomic E-state index is 0.378. The number of benzene rings is 1. The van der Waals surface area contributed by atoms with Gasteiger partial charge in [0.2, 0.25) is 0 Å². The number of methoxy groups -OCH3 is 1. The lowest BCUT2D eigenvalue weighted by Crippen LogP contribution is -2.32. The molecule has 90 valence electrons. The molecule has 2 nitrogen and oxygen atoms in total. The lowest BCUT2D eigenvalue weighted by molar-refractivity contribution is 0.388. The van der Waals surface area contributed by atoms with Crippen molar-refractivity contribution in [3.63, 3.8) is 0 Å². The molecule has 0 bridgehead atoms. The van der Waals surface area contributed by atoms with Gasteiger partial charge in [-0.3, -0.25) is 0 Å². The number of hydrogen-bond acceptors (Lipinski definition) is 2. The lowest BCUT2D eigenvalue weighted by Gasteiger charge is -2.23. The van der Waals surface area contributed by atoms with E-state index in [0.29, 0.717) is 18.0 Å². The van der Waals surface area contributed by atoms with Crippen LogP contribution in [-0.4, -0.2) is 13.2 Å². The van der Waals surface area contributed by atoms with Crippen LogP contribution >= 0.6 is 0 Å². The quantitative estimate of drug-likeness (QED) is 0.823. The van der Waals surface area contributed by atoms with E-state index in [-0.39, 0.29) is 0 Å². The average molecular weight is 221 g/mol. The maximum atomic E-state index is 5.15. The Morgan fingerprint density at radius 3 is 2.00 bits per heavy atom. The van der Waals surface area contributed by atoms with Crippen LogP contribution in [0.1, 0.15) is 39.3 Å². The van der Waals surface area contributed by atoms with E-state index in [4.69, 9.17) is 4.74 Å². The molecule has 0 aliphatic carbocycles. The van der Waals surface area contributed by atoms with Crippen LogP contribution in [0.3, 0.4) is 0 Å². The summed E-state index contributed by atoms with van der Waals surface area (Å²) in [5.74, 6) is 1.56. The van der Waals surface area contributed by atoms with E-state index in [0.717, 1.165) is 5.75 Å². The third-order valence-electron chi connectivity index (χ3n) is 3.13. The van der Waals surface area contributed by atoms with Gasteiger partial charge in [0.15, 0.2) is 0 Å². The Morgan fingerprint density at radius 2 is 1.56 bits per heavy atom. The summed E-state index contributed by atoms with van der Waals surface area (Å²) in [6.07, 6.45) is 0. The SMILES string of the molecule is COc1ccc([C@@H](C)NC(C)C(C)C)cc1. The van der Waals surface area contributed by atoms with Crippen LogP contribution in [0.15, 0.2) is 24.3 Å². The van der Waals surface area contributed by atoms with Crippen molar-refractivity contribution in [1.29, 1.82) is 0 Å². The van der Waals surface area contributed by atoms with Crippen LogP contribution in [0, 0.1) is 5.92 Å². The molecule has 0 saturated heterocycles.